The molecular formula is C12H17BrFNO. The number of halogens is 2. The number of nitrogens with one attached hydrogen (secondary N) is 1. The smallest absolute Gasteiger partial charge is 0.136 e. The van der Waals surface area contributed by atoms with Gasteiger partial charge >= 0.3 is 0 Å². The predicted octanol–water partition coefficient (Wildman–Crippen LogP) is 3.36. The highest BCUT2D eigenvalue weighted by Gasteiger charge is 2.02. The summed E-state index contributed by atoms with van der Waals surface area (Å²) in [4.78, 5) is 0. The van der Waals surface area contributed by atoms with Crippen LogP contribution in [-0.4, -0.2) is 19.7 Å². The molecular weight excluding hydrogens is 273 g/mol. The topological polar surface area (TPSA) is 21.3 Å². The Morgan fingerprint density at radius 1 is 1.38 bits per heavy atom. The summed E-state index contributed by atoms with van der Waals surface area (Å²) in [7, 11) is 0. The Labute approximate surface area is 104 Å². The highest BCUT2D eigenvalue weighted by molar-refractivity contribution is 9.10. The van der Waals surface area contributed by atoms with Crippen LogP contribution in [-0.2, 0) is 0 Å². The molecule has 90 valence electrons. The highest BCUT2D eigenvalue weighted by Crippen LogP contribution is 2.25. The van der Waals surface area contributed by atoms with E-state index < -0.39 is 0 Å². The molecule has 0 amide bonds. The molecule has 0 radical (unpaired) electrons. The van der Waals surface area contributed by atoms with Gasteiger partial charge in [-0.15, -0.1) is 0 Å². The average molecular weight is 290 g/mol. The Morgan fingerprint density at radius 2 is 2.19 bits per heavy atom. The van der Waals surface area contributed by atoms with Gasteiger partial charge in [-0.3, -0.25) is 0 Å². The molecule has 1 N–H and O–H groups in total. The van der Waals surface area contributed by atoms with Crippen molar-refractivity contribution in [1.82, 2.24) is 5.32 Å². The predicted molar refractivity (Wildman–Crippen MR) is 67.4 cm³/mol. The molecule has 0 aliphatic rings. The lowest BCUT2D eigenvalue weighted by Gasteiger charge is -2.08. The van der Waals surface area contributed by atoms with Crippen molar-refractivity contribution in [1.29, 1.82) is 0 Å². The second kappa shape index (κ2) is 7.63. The van der Waals surface area contributed by atoms with E-state index >= 15 is 0 Å². The Bertz CT molecular complexity index is 320. The fourth-order valence-electron chi connectivity index (χ4n) is 1.27. The molecule has 0 saturated carbocycles. The van der Waals surface area contributed by atoms with Crippen LogP contribution < -0.4 is 10.1 Å². The van der Waals surface area contributed by atoms with E-state index in [-0.39, 0.29) is 5.82 Å². The third-order valence-corrected chi connectivity index (χ3v) is 2.73. The van der Waals surface area contributed by atoms with Crippen LogP contribution in [0.5, 0.6) is 5.75 Å². The summed E-state index contributed by atoms with van der Waals surface area (Å²) in [6.45, 7) is 4.69. The molecule has 0 aliphatic heterocycles. The number of rotatable bonds is 7. The zero-order chi connectivity index (χ0) is 11.8. The first-order valence-corrected chi connectivity index (χ1v) is 6.32. The molecule has 1 aromatic rings. The van der Waals surface area contributed by atoms with E-state index in [1.165, 1.54) is 12.1 Å². The summed E-state index contributed by atoms with van der Waals surface area (Å²) in [5.74, 6) is 0.290. The number of benzene rings is 1. The molecule has 0 atom stereocenters. The summed E-state index contributed by atoms with van der Waals surface area (Å²) in [5.41, 5.74) is 0. The summed E-state index contributed by atoms with van der Waals surface area (Å²) in [5, 5.41) is 3.28. The zero-order valence-electron chi connectivity index (χ0n) is 9.43. The third kappa shape index (κ3) is 4.94. The first-order chi connectivity index (χ1) is 7.74. The van der Waals surface area contributed by atoms with Crippen molar-refractivity contribution in [2.75, 3.05) is 19.7 Å². The van der Waals surface area contributed by atoms with Crippen molar-refractivity contribution in [3.63, 3.8) is 0 Å². The standard InChI is InChI=1S/C12H17BrFNO/c1-2-6-15-7-3-8-16-12-9-10(14)4-5-11(12)13/h4-5,9,15H,2-3,6-8H2,1H3. The summed E-state index contributed by atoms with van der Waals surface area (Å²) in [6.07, 6.45) is 2.05. The van der Waals surface area contributed by atoms with Crippen molar-refractivity contribution in [3.05, 3.63) is 28.5 Å². The molecule has 0 aliphatic carbocycles. The van der Waals surface area contributed by atoms with E-state index in [1.807, 2.05) is 0 Å². The van der Waals surface area contributed by atoms with Gasteiger partial charge in [-0.2, -0.15) is 0 Å². The van der Waals surface area contributed by atoms with Gasteiger partial charge in [0.25, 0.3) is 0 Å². The Morgan fingerprint density at radius 3 is 2.94 bits per heavy atom. The van der Waals surface area contributed by atoms with E-state index in [9.17, 15) is 4.39 Å². The van der Waals surface area contributed by atoms with Crippen LogP contribution in [0, 0.1) is 5.82 Å². The number of hydrogen-bond donors (Lipinski definition) is 1. The number of hydrogen-bond acceptors (Lipinski definition) is 2. The minimum atomic E-state index is -0.276. The van der Waals surface area contributed by atoms with Crippen LogP contribution in [0.3, 0.4) is 0 Å². The first-order valence-electron chi connectivity index (χ1n) is 5.52. The molecule has 1 rings (SSSR count). The van der Waals surface area contributed by atoms with E-state index in [0.717, 1.165) is 30.4 Å². The SMILES string of the molecule is CCCNCCCOc1cc(F)ccc1Br. The maximum absolute atomic E-state index is 12.9. The lowest BCUT2D eigenvalue weighted by atomic mass is 10.3. The molecule has 1 aromatic carbocycles. The molecule has 4 heteroatoms. The molecule has 16 heavy (non-hydrogen) atoms. The lowest BCUT2D eigenvalue weighted by Crippen LogP contribution is -2.18. The second-order valence-electron chi connectivity index (χ2n) is 3.53. The van der Waals surface area contributed by atoms with Crippen LogP contribution in [0.15, 0.2) is 22.7 Å². The molecule has 0 fully saturated rings. The quantitative estimate of drug-likeness (QED) is 0.777. The van der Waals surface area contributed by atoms with Gasteiger partial charge in [0.05, 0.1) is 11.1 Å². The summed E-state index contributed by atoms with van der Waals surface area (Å²) in [6, 6.07) is 4.45. The van der Waals surface area contributed by atoms with Crippen molar-refractivity contribution in [2.45, 2.75) is 19.8 Å². The van der Waals surface area contributed by atoms with Crippen LogP contribution in [0.25, 0.3) is 0 Å². The van der Waals surface area contributed by atoms with E-state index in [2.05, 4.69) is 28.2 Å². The molecule has 0 heterocycles. The minimum absolute atomic E-state index is 0.276. The largest absolute Gasteiger partial charge is 0.492 e. The highest BCUT2D eigenvalue weighted by atomic mass is 79.9. The van der Waals surface area contributed by atoms with Gasteiger partial charge < -0.3 is 10.1 Å². The fourth-order valence-corrected chi connectivity index (χ4v) is 1.63. The van der Waals surface area contributed by atoms with Gasteiger partial charge in [-0.25, -0.2) is 4.39 Å². The maximum Gasteiger partial charge on any atom is 0.136 e. The summed E-state index contributed by atoms with van der Waals surface area (Å²) >= 11 is 3.32. The van der Waals surface area contributed by atoms with E-state index in [0.29, 0.717) is 12.4 Å². The zero-order valence-corrected chi connectivity index (χ0v) is 11.0. The van der Waals surface area contributed by atoms with Crippen molar-refractivity contribution < 1.29 is 9.13 Å². The van der Waals surface area contributed by atoms with Crippen LogP contribution >= 0.6 is 15.9 Å². The molecule has 0 bridgehead atoms. The normalized spacial score (nSPS) is 10.4. The van der Waals surface area contributed by atoms with Crippen LogP contribution in [0.2, 0.25) is 0 Å². The van der Waals surface area contributed by atoms with Crippen LogP contribution in [0.4, 0.5) is 4.39 Å². The Balaban J connectivity index is 2.23. The molecule has 0 spiro atoms. The average Bonchev–Trinajstić information content (AvgIpc) is 2.28. The monoisotopic (exact) mass is 289 g/mol. The van der Waals surface area contributed by atoms with Gasteiger partial charge in [0.2, 0.25) is 0 Å². The van der Waals surface area contributed by atoms with Gasteiger partial charge in [-0.1, -0.05) is 6.92 Å². The molecule has 0 aromatic heterocycles. The van der Waals surface area contributed by atoms with E-state index in [1.54, 1.807) is 6.07 Å². The van der Waals surface area contributed by atoms with Gasteiger partial charge in [0.1, 0.15) is 11.6 Å². The third-order valence-electron chi connectivity index (χ3n) is 2.08. The van der Waals surface area contributed by atoms with E-state index in [4.69, 9.17) is 4.74 Å². The Hall–Kier alpha value is -0.610. The Kier molecular flexibility index (Phi) is 6.42. The maximum atomic E-state index is 12.9. The lowest BCUT2D eigenvalue weighted by molar-refractivity contribution is 0.305. The van der Waals surface area contributed by atoms with Crippen molar-refractivity contribution in [2.24, 2.45) is 0 Å². The number of ether oxygens (including phenoxy) is 1. The van der Waals surface area contributed by atoms with Crippen molar-refractivity contribution in [3.8, 4) is 5.75 Å². The first kappa shape index (κ1) is 13.5. The van der Waals surface area contributed by atoms with Gasteiger partial charge in [0.15, 0.2) is 0 Å². The van der Waals surface area contributed by atoms with Gasteiger partial charge in [-0.05, 0) is 54.0 Å². The summed E-state index contributed by atoms with van der Waals surface area (Å²) < 4.78 is 19.2. The van der Waals surface area contributed by atoms with Crippen LogP contribution in [0.1, 0.15) is 19.8 Å². The fraction of sp³-hybridized carbons (Fsp3) is 0.500. The second-order valence-corrected chi connectivity index (χ2v) is 4.38. The molecule has 0 saturated heterocycles. The minimum Gasteiger partial charge on any atom is -0.492 e. The van der Waals surface area contributed by atoms with Crippen molar-refractivity contribution >= 4 is 15.9 Å². The molecule has 2 nitrogen and oxygen atoms in total. The molecule has 0 unspecified atom stereocenters. The van der Waals surface area contributed by atoms with Gasteiger partial charge in [0, 0.05) is 6.07 Å².